The fourth-order valence-electron chi connectivity index (χ4n) is 5.48. The second-order valence-electron chi connectivity index (χ2n) is 13.4. The van der Waals surface area contributed by atoms with E-state index < -0.39 is 0 Å². The van der Waals surface area contributed by atoms with Crippen molar-refractivity contribution in [2.24, 2.45) is 0 Å². The molecule has 0 rings (SSSR count). The van der Waals surface area contributed by atoms with E-state index in [1.54, 1.807) is 0 Å². The molecule has 0 saturated heterocycles. The maximum Gasteiger partial charge on any atom is 0.0135 e. The van der Waals surface area contributed by atoms with Gasteiger partial charge in [0.1, 0.15) is 0 Å². The fourth-order valence-corrected chi connectivity index (χ4v) is 5.48. The topological polar surface area (TPSA) is 120 Å². The first-order valence-electron chi connectivity index (χ1n) is 21.1. The first-order chi connectivity index (χ1) is 24.4. The Balaban J connectivity index is 3.09. The normalized spacial score (nSPS) is 11.8. The highest BCUT2D eigenvalue weighted by Gasteiger charge is 1.95. The third-order valence-corrected chi connectivity index (χ3v) is 8.60. The van der Waals surface area contributed by atoms with Crippen LogP contribution >= 0.6 is 0 Å². The molecule has 10 heteroatoms. The molecule has 0 spiro atoms. The second kappa shape index (κ2) is 47.3. The Labute approximate surface area is 305 Å². The molecule has 0 amide bonds. The van der Waals surface area contributed by atoms with Crippen LogP contribution in [-0.2, 0) is 0 Å². The van der Waals surface area contributed by atoms with Gasteiger partial charge >= 0.3 is 0 Å². The van der Waals surface area contributed by atoms with Gasteiger partial charge in [-0.2, -0.15) is 0 Å². The summed E-state index contributed by atoms with van der Waals surface area (Å²) in [6.45, 7) is 26.7. The van der Waals surface area contributed by atoms with Crippen LogP contribution in [0.4, 0.5) is 0 Å². The van der Waals surface area contributed by atoms with Gasteiger partial charge in [-0.25, -0.2) is 0 Å². The quantitative estimate of drug-likeness (QED) is 0.0343. The summed E-state index contributed by atoms with van der Waals surface area (Å²) in [4.78, 5) is 0. The van der Waals surface area contributed by atoms with Gasteiger partial charge in [-0.05, 0) is 214 Å². The van der Waals surface area contributed by atoms with Crippen molar-refractivity contribution in [1.29, 1.82) is 0 Å². The van der Waals surface area contributed by atoms with E-state index in [1.165, 1.54) is 96.3 Å². The van der Waals surface area contributed by atoms with Crippen LogP contribution in [0.25, 0.3) is 0 Å². The SMILES string of the molecule is CCNCCCCNCCCCNCCCCNCCCCNC/C=C/CNCCCCNCCCCNCCCCNCCCNCC. The van der Waals surface area contributed by atoms with Gasteiger partial charge in [-0.3, -0.25) is 0 Å². The molecule has 0 fully saturated rings. The zero-order chi connectivity index (χ0) is 35.2. The van der Waals surface area contributed by atoms with Gasteiger partial charge in [0.25, 0.3) is 0 Å². The van der Waals surface area contributed by atoms with Crippen LogP contribution in [0.5, 0.6) is 0 Å². The van der Waals surface area contributed by atoms with Crippen molar-refractivity contribution in [1.82, 2.24) is 53.2 Å². The Kier molecular flexibility index (Phi) is 46.7. The standard InChI is InChI=1S/C39H88N10/c1-3-40-22-5-6-23-42-24-7-8-25-43-26-9-10-27-44-28-11-12-29-45-30-13-14-31-46-32-15-16-33-47-34-17-18-35-48-36-19-20-37-49-39-21-38-41-4-2/h13-14,40-49H,3-12,15-39H2,1-2H3/b14-13+. The molecule has 0 atom stereocenters. The van der Waals surface area contributed by atoms with E-state index in [0.29, 0.717) is 0 Å². The van der Waals surface area contributed by atoms with E-state index in [1.807, 2.05) is 0 Å². The van der Waals surface area contributed by atoms with E-state index in [2.05, 4.69) is 79.2 Å². The van der Waals surface area contributed by atoms with E-state index in [0.717, 1.165) is 131 Å². The third kappa shape index (κ3) is 47.3. The van der Waals surface area contributed by atoms with Gasteiger partial charge < -0.3 is 53.2 Å². The van der Waals surface area contributed by atoms with Gasteiger partial charge in [0.15, 0.2) is 0 Å². The molecule has 0 aromatic carbocycles. The van der Waals surface area contributed by atoms with Crippen LogP contribution in [0.15, 0.2) is 12.2 Å². The largest absolute Gasteiger partial charge is 0.317 e. The molecule has 0 aromatic heterocycles. The molecule has 0 radical (unpaired) electrons. The van der Waals surface area contributed by atoms with Gasteiger partial charge in [0.2, 0.25) is 0 Å². The molecule has 0 aromatic rings. The first-order valence-corrected chi connectivity index (χ1v) is 21.1. The van der Waals surface area contributed by atoms with Crippen molar-refractivity contribution in [2.75, 3.05) is 131 Å². The molecule has 10 N–H and O–H groups in total. The summed E-state index contributed by atoms with van der Waals surface area (Å²) in [5.41, 5.74) is 0. The summed E-state index contributed by atoms with van der Waals surface area (Å²) in [5.74, 6) is 0. The molecule has 49 heavy (non-hydrogen) atoms. The van der Waals surface area contributed by atoms with E-state index in [9.17, 15) is 0 Å². The third-order valence-electron chi connectivity index (χ3n) is 8.60. The molecule has 0 unspecified atom stereocenters. The van der Waals surface area contributed by atoms with Crippen molar-refractivity contribution in [3.05, 3.63) is 12.2 Å². The Morgan fingerprint density at radius 1 is 0.224 bits per heavy atom. The molecule has 294 valence electrons. The molecule has 0 aliphatic rings. The van der Waals surface area contributed by atoms with Crippen LogP contribution in [0.2, 0.25) is 0 Å². The maximum absolute atomic E-state index is 3.60. The molecular formula is C39H88N10. The average molecular weight is 697 g/mol. The van der Waals surface area contributed by atoms with Crippen LogP contribution in [0, 0.1) is 0 Å². The minimum absolute atomic E-state index is 0.976. The Morgan fingerprint density at radius 2 is 0.408 bits per heavy atom. The molecule has 0 aliphatic carbocycles. The van der Waals surface area contributed by atoms with Crippen LogP contribution in [-0.4, -0.2) is 131 Å². The minimum atomic E-state index is 0.976. The highest BCUT2D eigenvalue weighted by atomic mass is 14.9. The number of rotatable bonds is 45. The molecule has 0 aliphatic heterocycles. The summed E-state index contributed by atoms with van der Waals surface area (Å²) in [7, 11) is 0. The van der Waals surface area contributed by atoms with Gasteiger partial charge in [0, 0.05) is 13.1 Å². The smallest absolute Gasteiger partial charge is 0.0135 e. The lowest BCUT2D eigenvalue weighted by Crippen LogP contribution is -2.24. The lowest BCUT2D eigenvalue weighted by atomic mass is 10.2. The van der Waals surface area contributed by atoms with E-state index in [4.69, 9.17) is 0 Å². The maximum atomic E-state index is 3.60. The average Bonchev–Trinajstić information content (AvgIpc) is 3.11. The van der Waals surface area contributed by atoms with Crippen LogP contribution < -0.4 is 53.2 Å². The van der Waals surface area contributed by atoms with Crippen molar-refractivity contribution in [3.8, 4) is 0 Å². The van der Waals surface area contributed by atoms with Gasteiger partial charge in [-0.15, -0.1) is 0 Å². The number of hydrogen-bond donors (Lipinski definition) is 10. The summed E-state index contributed by atoms with van der Waals surface area (Å²) >= 11 is 0. The van der Waals surface area contributed by atoms with Crippen molar-refractivity contribution >= 4 is 0 Å². The van der Waals surface area contributed by atoms with Crippen molar-refractivity contribution in [3.63, 3.8) is 0 Å². The zero-order valence-electron chi connectivity index (χ0n) is 32.9. The highest BCUT2D eigenvalue weighted by Crippen LogP contribution is 1.92. The molecule has 0 heterocycles. The summed E-state index contributed by atoms with van der Waals surface area (Å²) in [6.07, 6.45) is 23.5. The van der Waals surface area contributed by atoms with Gasteiger partial charge in [-0.1, -0.05) is 26.0 Å². The molecule has 0 bridgehead atoms. The minimum Gasteiger partial charge on any atom is -0.317 e. The van der Waals surface area contributed by atoms with Crippen molar-refractivity contribution in [2.45, 2.75) is 110 Å². The lowest BCUT2D eigenvalue weighted by Gasteiger charge is -2.07. The number of nitrogens with one attached hydrogen (secondary N) is 10. The van der Waals surface area contributed by atoms with Crippen molar-refractivity contribution < 1.29 is 0 Å². The summed E-state index contributed by atoms with van der Waals surface area (Å²) in [5, 5.41) is 35.3. The predicted molar refractivity (Wildman–Crippen MR) is 218 cm³/mol. The van der Waals surface area contributed by atoms with E-state index in [-0.39, 0.29) is 0 Å². The summed E-state index contributed by atoms with van der Waals surface area (Å²) < 4.78 is 0. The second-order valence-corrected chi connectivity index (χ2v) is 13.4. The Bertz CT molecular complexity index is 596. The molecule has 0 saturated carbocycles. The predicted octanol–water partition coefficient (Wildman–Crippen LogP) is 3.33. The van der Waals surface area contributed by atoms with Crippen LogP contribution in [0.1, 0.15) is 110 Å². The Morgan fingerprint density at radius 3 is 0.653 bits per heavy atom. The Hall–Kier alpha value is -0.660. The zero-order valence-corrected chi connectivity index (χ0v) is 32.9. The molecule has 10 nitrogen and oxygen atoms in total. The van der Waals surface area contributed by atoms with Gasteiger partial charge in [0.05, 0.1) is 0 Å². The summed E-state index contributed by atoms with van der Waals surface area (Å²) in [6, 6.07) is 0. The number of hydrogen-bond acceptors (Lipinski definition) is 10. The molecular weight excluding hydrogens is 608 g/mol. The first kappa shape index (κ1) is 48.3. The van der Waals surface area contributed by atoms with E-state index >= 15 is 0 Å². The lowest BCUT2D eigenvalue weighted by molar-refractivity contribution is 0.538. The monoisotopic (exact) mass is 697 g/mol. The number of unbranched alkanes of at least 4 members (excludes halogenated alkanes) is 7. The highest BCUT2D eigenvalue weighted by molar-refractivity contribution is 4.85. The fraction of sp³-hybridized carbons (Fsp3) is 0.949. The van der Waals surface area contributed by atoms with Crippen LogP contribution in [0.3, 0.4) is 0 Å².